The maximum atomic E-state index is 14.0. The first kappa shape index (κ1) is 39.4. The summed E-state index contributed by atoms with van der Waals surface area (Å²) in [7, 11) is -3.85. The van der Waals surface area contributed by atoms with Crippen LogP contribution in [0.25, 0.3) is 0 Å². The molecule has 6 atom stereocenters. The van der Waals surface area contributed by atoms with Crippen LogP contribution < -0.4 is 5.32 Å². The standard InChI is InChI=1S/C34H54N4O9S/c1-7-37(8-2)16-17-48(44,45)28-13-15-38-31(28)34(43)47-32(22(3)4)24(6)11-12-29(41)35-14-9-10-23(5)18-25(39)19-26(40)20-30-36-27(21-46-30)33(38)42/h9-10,18,21-22,24-26,28,31-32,39-40H,7-8,11-17,19-20H2,1-6H3,(H,35,41)/b10-9+,23-18+/t24-,25-,26?,28-,31-,32-/m1/s1. The molecule has 13 nitrogen and oxygen atoms in total. The third-order valence-corrected chi connectivity index (χ3v) is 11.3. The van der Waals surface area contributed by atoms with Crippen LogP contribution >= 0.6 is 0 Å². The molecule has 0 spiro atoms. The summed E-state index contributed by atoms with van der Waals surface area (Å²) in [5, 5.41) is 22.7. The summed E-state index contributed by atoms with van der Waals surface area (Å²) in [6.07, 6.45) is 4.15. The average Bonchev–Trinajstić information content (AvgIpc) is 3.68. The summed E-state index contributed by atoms with van der Waals surface area (Å²) in [5.74, 6) is -2.18. The fraction of sp³-hybridized carbons (Fsp3) is 0.706. The van der Waals surface area contributed by atoms with Gasteiger partial charge in [0.15, 0.2) is 21.4 Å². The molecule has 1 fully saturated rings. The number of hydrogen-bond acceptors (Lipinski definition) is 11. The lowest BCUT2D eigenvalue weighted by atomic mass is 9.90. The summed E-state index contributed by atoms with van der Waals surface area (Å²) < 4.78 is 39.1. The van der Waals surface area contributed by atoms with Crippen molar-refractivity contribution in [2.24, 2.45) is 11.8 Å². The molecule has 2 bridgehead atoms. The molecule has 1 aromatic rings. The Morgan fingerprint density at radius 2 is 1.85 bits per heavy atom. The molecule has 2 aliphatic heterocycles. The van der Waals surface area contributed by atoms with Crippen molar-refractivity contribution in [2.45, 2.75) is 103 Å². The molecule has 14 heteroatoms. The third-order valence-electron chi connectivity index (χ3n) is 9.14. The number of aliphatic hydroxyl groups is 2. The number of carbonyl (C=O) groups is 3. The van der Waals surface area contributed by atoms with E-state index in [9.17, 15) is 33.0 Å². The number of fused-ring (bicyclic) bond motifs is 3. The molecule has 1 saturated heterocycles. The lowest BCUT2D eigenvalue weighted by molar-refractivity contribution is -0.159. The van der Waals surface area contributed by atoms with Crippen molar-refractivity contribution in [3.8, 4) is 0 Å². The van der Waals surface area contributed by atoms with Gasteiger partial charge < -0.3 is 34.5 Å². The van der Waals surface area contributed by atoms with E-state index in [1.54, 1.807) is 25.2 Å². The fourth-order valence-corrected chi connectivity index (χ4v) is 8.31. The molecule has 0 aliphatic carbocycles. The van der Waals surface area contributed by atoms with Gasteiger partial charge in [-0.05, 0) is 44.7 Å². The zero-order chi connectivity index (χ0) is 35.6. The molecule has 0 saturated carbocycles. The topological polar surface area (TPSA) is 180 Å². The molecule has 1 aromatic heterocycles. The second-order valence-electron chi connectivity index (χ2n) is 13.2. The predicted molar refractivity (Wildman–Crippen MR) is 181 cm³/mol. The normalized spacial score (nSPS) is 29.2. The van der Waals surface area contributed by atoms with Crippen molar-refractivity contribution in [1.82, 2.24) is 20.1 Å². The van der Waals surface area contributed by atoms with Gasteiger partial charge in [-0.3, -0.25) is 9.59 Å². The highest BCUT2D eigenvalue weighted by Gasteiger charge is 2.50. The monoisotopic (exact) mass is 694 g/mol. The van der Waals surface area contributed by atoms with E-state index >= 15 is 0 Å². The van der Waals surface area contributed by atoms with Gasteiger partial charge in [-0.1, -0.05) is 58.4 Å². The van der Waals surface area contributed by atoms with E-state index in [0.717, 1.165) is 11.8 Å². The quantitative estimate of drug-likeness (QED) is 0.357. The Morgan fingerprint density at radius 1 is 1.15 bits per heavy atom. The highest BCUT2D eigenvalue weighted by atomic mass is 32.2. The number of hydrogen-bond donors (Lipinski definition) is 3. The third kappa shape index (κ3) is 11.0. The number of rotatable bonds is 7. The SMILES string of the molecule is CCN(CC)CCS(=O)(=O)[C@@H]1CCN2C(=O)c3coc(n3)CC(O)C[C@H](O)/C=C(C)/C=C/CNC(=O)CC[C@@H](C)[C@@H](C(C)C)OC(=O)[C@@H]12. The first-order valence-electron chi connectivity index (χ1n) is 17.0. The molecule has 0 aromatic carbocycles. The Hall–Kier alpha value is -3.07. The maximum absolute atomic E-state index is 14.0. The van der Waals surface area contributed by atoms with Gasteiger partial charge in [0.1, 0.15) is 18.4 Å². The first-order chi connectivity index (χ1) is 22.7. The van der Waals surface area contributed by atoms with Crippen LogP contribution in [0, 0.1) is 11.8 Å². The van der Waals surface area contributed by atoms with Crippen LogP contribution in [-0.2, 0) is 30.6 Å². The molecule has 3 N–H and O–H groups in total. The zero-order valence-corrected chi connectivity index (χ0v) is 29.9. The lowest BCUT2D eigenvalue weighted by Gasteiger charge is -2.32. The number of sulfone groups is 1. The van der Waals surface area contributed by atoms with Crippen molar-refractivity contribution < 1.29 is 42.2 Å². The van der Waals surface area contributed by atoms with Crippen molar-refractivity contribution >= 4 is 27.6 Å². The highest BCUT2D eigenvalue weighted by molar-refractivity contribution is 7.92. The van der Waals surface area contributed by atoms with Crippen LogP contribution in [0.1, 0.15) is 83.6 Å². The van der Waals surface area contributed by atoms with Crippen molar-refractivity contribution in [2.75, 3.05) is 38.5 Å². The Labute approximate surface area is 284 Å². The van der Waals surface area contributed by atoms with Crippen LogP contribution in [0.3, 0.4) is 0 Å². The second kappa shape index (κ2) is 18.1. The molecule has 2 amide bonds. The van der Waals surface area contributed by atoms with Crippen LogP contribution in [0.15, 0.2) is 34.5 Å². The lowest BCUT2D eigenvalue weighted by Crippen LogP contribution is -2.50. The van der Waals surface area contributed by atoms with Gasteiger partial charge >= 0.3 is 5.97 Å². The number of amides is 2. The minimum atomic E-state index is -3.85. The number of aliphatic hydroxyl groups excluding tert-OH is 2. The van der Waals surface area contributed by atoms with Gasteiger partial charge in [-0.2, -0.15) is 0 Å². The molecular formula is C34H54N4O9S. The number of nitrogens with one attached hydrogen (secondary N) is 1. The molecule has 3 heterocycles. The summed E-state index contributed by atoms with van der Waals surface area (Å²) in [4.78, 5) is 47.9. The van der Waals surface area contributed by atoms with Crippen LogP contribution in [0.2, 0.25) is 0 Å². The second-order valence-corrected chi connectivity index (χ2v) is 15.6. The average molecular weight is 695 g/mol. The van der Waals surface area contributed by atoms with E-state index < -0.39 is 51.3 Å². The van der Waals surface area contributed by atoms with Crippen molar-refractivity contribution in [3.05, 3.63) is 41.6 Å². The van der Waals surface area contributed by atoms with E-state index in [1.807, 2.05) is 39.5 Å². The van der Waals surface area contributed by atoms with E-state index in [-0.39, 0.29) is 73.9 Å². The number of oxazole rings is 1. The Bertz CT molecular complexity index is 1400. The molecular weight excluding hydrogens is 640 g/mol. The van der Waals surface area contributed by atoms with E-state index in [2.05, 4.69) is 10.3 Å². The number of ether oxygens (including phenoxy) is 1. The fourth-order valence-electron chi connectivity index (χ4n) is 6.38. The van der Waals surface area contributed by atoms with Gasteiger partial charge in [0.2, 0.25) is 5.91 Å². The van der Waals surface area contributed by atoms with Gasteiger partial charge in [0, 0.05) is 32.5 Å². The van der Waals surface area contributed by atoms with Gasteiger partial charge in [-0.15, -0.1) is 0 Å². The van der Waals surface area contributed by atoms with E-state index in [1.165, 1.54) is 4.90 Å². The number of allylic oxidation sites excluding steroid dienone is 2. The van der Waals surface area contributed by atoms with Crippen molar-refractivity contribution in [1.29, 1.82) is 0 Å². The molecule has 0 radical (unpaired) electrons. The minimum absolute atomic E-state index is 0.00737. The maximum Gasteiger partial charge on any atom is 0.330 e. The molecule has 1 unspecified atom stereocenters. The summed E-state index contributed by atoms with van der Waals surface area (Å²) in [6.45, 7) is 13.3. The number of esters is 1. The van der Waals surface area contributed by atoms with Gasteiger partial charge in [0.25, 0.3) is 5.91 Å². The first-order valence-corrected chi connectivity index (χ1v) is 18.8. The molecule has 2 aliphatic rings. The van der Waals surface area contributed by atoms with Crippen molar-refractivity contribution in [3.63, 3.8) is 0 Å². The molecule has 270 valence electrons. The molecule has 3 rings (SSSR count). The van der Waals surface area contributed by atoms with Crippen LogP contribution in [-0.4, -0.2) is 119 Å². The minimum Gasteiger partial charge on any atom is -0.460 e. The highest BCUT2D eigenvalue weighted by Crippen LogP contribution is 2.30. The summed E-state index contributed by atoms with van der Waals surface area (Å²) >= 11 is 0. The van der Waals surface area contributed by atoms with E-state index in [4.69, 9.17) is 9.15 Å². The zero-order valence-electron chi connectivity index (χ0n) is 29.1. The van der Waals surface area contributed by atoms with Crippen LogP contribution in [0.5, 0.6) is 0 Å². The van der Waals surface area contributed by atoms with E-state index in [0.29, 0.717) is 26.1 Å². The number of aromatic nitrogens is 1. The summed E-state index contributed by atoms with van der Waals surface area (Å²) in [6, 6.07) is -1.40. The Morgan fingerprint density at radius 3 is 2.52 bits per heavy atom. The Balaban J connectivity index is 1.97. The number of cyclic esters (lactones) is 1. The largest absolute Gasteiger partial charge is 0.460 e. The van der Waals surface area contributed by atoms with Gasteiger partial charge in [0.05, 0.1) is 29.6 Å². The Kier molecular flexibility index (Phi) is 14.8. The molecule has 48 heavy (non-hydrogen) atoms. The summed E-state index contributed by atoms with van der Waals surface area (Å²) in [5.41, 5.74) is 0.617. The smallest absolute Gasteiger partial charge is 0.330 e. The van der Waals surface area contributed by atoms with Crippen LogP contribution in [0.4, 0.5) is 0 Å². The number of nitrogens with zero attached hydrogens (tertiary/aromatic N) is 3. The predicted octanol–water partition coefficient (Wildman–Crippen LogP) is 2.29. The van der Waals surface area contributed by atoms with Gasteiger partial charge in [-0.25, -0.2) is 18.2 Å². The number of carbonyl (C=O) groups excluding carboxylic acids is 3.